The maximum atomic E-state index is 12.8. The molecule has 12 heteroatoms. The van der Waals surface area contributed by atoms with Gasteiger partial charge in [-0.25, -0.2) is 4.79 Å². The van der Waals surface area contributed by atoms with Gasteiger partial charge in [0.2, 0.25) is 12.3 Å². The molecule has 2 N–H and O–H groups in total. The molecule has 3 rings (SSSR count). The number of hydrogen-bond donors (Lipinski definition) is 2. The van der Waals surface area contributed by atoms with E-state index in [0.29, 0.717) is 10.0 Å². The van der Waals surface area contributed by atoms with Gasteiger partial charge in [0, 0.05) is 5.69 Å². The number of aliphatic hydroxyl groups excluding tert-OH is 1. The van der Waals surface area contributed by atoms with E-state index in [-0.39, 0.29) is 30.0 Å². The van der Waals surface area contributed by atoms with Gasteiger partial charge in [0.05, 0.1) is 16.6 Å². The van der Waals surface area contributed by atoms with Crippen LogP contribution in [0.15, 0.2) is 40.9 Å². The maximum absolute atomic E-state index is 12.8. The number of anilines is 1. The first kappa shape index (κ1) is 24.9. The molecule has 1 amide bonds. The number of alkyl halides is 3. The van der Waals surface area contributed by atoms with Crippen LogP contribution in [0.4, 0.5) is 18.9 Å². The SMILES string of the molecule is [B]c1cc(CN2C(=O)CN(c3ccc(C(F)(F)F)cc3)C2O)cc(Br)c1OC(C)(C)C(=O)O. The highest BCUT2D eigenvalue weighted by Crippen LogP contribution is 2.33. The standard InChI is InChI=1S/C21H19BBrF3N2O5/c1-20(2,18(30)31)33-17-14(22)7-11(8-15(17)23)9-28-16(29)10-27(19(28)32)13-5-3-12(4-6-13)21(24,25)26/h3-8,19,32H,9-10H2,1-2H3,(H,30,31). The predicted molar refractivity (Wildman–Crippen MR) is 117 cm³/mol. The van der Waals surface area contributed by atoms with E-state index in [2.05, 4.69) is 15.9 Å². The van der Waals surface area contributed by atoms with Crippen molar-refractivity contribution in [1.29, 1.82) is 0 Å². The minimum absolute atomic E-state index is 0.0530. The summed E-state index contributed by atoms with van der Waals surface area (Å²) >= 11 is 3.28. The average Bonchev–Trinajstić information content (AvgIpc) is 2.98. The highest BCUT2D eigenvalue weighted by Gasteiger charge is 2.38. The van der Waals surface area contributed by atoms with Gasteiger partial charge in [-0.2, -0.15) is 13.2 Å². The third kappa shape index (κ3) is 5.27. The number of carbonyl (C=O) groups excluding carboxylic acids is 1. The van der Waals surface area contributed by atoms with E-state index in [4.69, 9.17) is 12.6 Å². The van der Waals surface area contributed by atoms with Crippen molar-refractivity contribution >= 4 is 46.8 Å². The summed E-state index contributed by atoms with van der Waals surface area (Å²) in [6.45, 7) is 2.45. The molecule has 0 bridgehead atoms. The number of amides is 1. The molecule has 0 spiro atoms. The summed E-state index contributed by atoms with van der Waals surface area (Å²) in [5.74, 6) is -1.51. The highest BCUT2D eigenvalue weighted by molar-refractivity contribution is 9.10. The Balaban J connectivity index is 1.78. The molecular formula is C21H19BBrF3N2O5. The van der Waals surface area contributed by atoms with Crippen molar-refractivity contribution in [3.63, 3.8) is 0 Å². The van der Waals surface area contributed by atoms with Gasteiger partial charge in [-0.1, -0.05) is 11.5 Å². The molecule has 33 heavy (non-hydrogen) atoms. The second-order valence-electron chi connectivity index (χ2n) is 7.95. The van der Waals surface area contributed by atoms with Gasteiger partial charge in [0.1, 0.15) is 20.1 Å². The number of benzene rings is 2. The number of nitrogens with zero attached hydrogens (tertiary/aromatic N) is 2. The van der Waals surface area contributed by atoms with Crippen LogP contribution in [0.2, 0.25) is 0 Å². The van der Waals surface area contributed by atoms with Crippen molar-refractivity contribution in [3.8, 4) is 5.75 Å². The minimum Gasteiger partial charge on any atom is -0.478 e. The fourth-order valence-corrected chi connectivity index (χ4v) is 3.82. The van der Waals surface area contributed by atoms with Gasteiger partial charge < -0.3 is 19.8 Å². The summed E-state index contributed by atoms with van der Waals surface area (Å²) in [5, 5.41) is 19.9. The molecule has 1 aliphatic heterocycles. The van der Waals surface area contributed by atoms with Crippen molar-refractivity contribution in [2.45, 2.75) is 38.5 Å². The molecule has 2 radical (unpaired) electrons. The molecule has 1 fully saturated rings. The number of carboxylic acids is 1. The first-order chi connectivity index (χ1) is 15.2. The molecule has 7 nitrogen and oxygen atoms in total. The van der Waals surface area contributed by atoms with Crippen LogP contribution in [0, 0.1) is 0 Å². The minimum atomic E-state index is -4.49. The predicted octanol–water partition coefficient (Wildman–Crippen LogP) is 2.63. The summed E-state index contributed by atoms with van der Waals surface area (Å²) < 4.78 is 44.2. The van der Waals surface area contributed by atoms with Crippen LogP contribution in [0.3, 0.4) is 0 Å². The Hall–Kier alpha value is -2.73. The Morgan fingerprint density at radius 1 is 1.24 bits per heavy atom. The topological polar surface area (TPSA) is 90.3 Å². The fraction of sp³-hybridized carbons (Fsp3) is 0.333. The second-order valence-corrected chi connectivity index (χ2v) is 8.81. The van der Waals surface area contributed by atoms with Crippen molar-refractivity contribution in [2.24, 2.45) is 0 Å². The zero-order chi connectivity index (χ0) is 24.7. The first-order valence-electron chi connectivity index (χ1n) is 9.62. The van der Waals surface area contributed by atoms with Crippen LogP contribution < -0.4 is 15.1 Å². The van der Waals surface area contributed by atoms with Crippen LogP contribution in [-0.2, 0) is 22.3 Å². The zero-order valence-electron chi connectivity index (χ0n) is 17.6. The van der Waals surface area contributed by atoms with Gasteiger partial charge in [0.15, 0.2) is 5.60 Å². The number of aliphatic hydroxyl groups is 1. The molecule has 2 aromatic carbocycles. The van der Waals surface area contributed by atoms with E-state index in [1.54, 1.807) is 6.07 Å². The number of carbonyl (C=O) groups is 2. The molecule has 0 aromatic heterocycles. The fourth-order valence-electron chi connectivity index (χ4n) is 3.22. The Morgan fingerprint density at radius 2 is 1.85 bits per heavy atom. The molecule has 1 aliphatic rings. The third-order valence-electron chi connectivity index (χ3n) is 5.07. The maximum Gasteiger partial charge on any atom is 0.416 e. The van der Waals surface area contributed by atoms with E-state index >= 15 is 0 Å². The third-order valence-corrected chi connectivity index (χ3v) is 5.66. The van der Waals surface area contributed by atoms with Crippen molar-refractivity contribution in [1.82, 2.24) is 4.90 Å². The molecule has 1 atom stereocenters. The lowest BCUT2D eigenvalue weighted by Gasteiger charge is -2.27. The van der Waals surface area contributed by atoms with Crippen LogP contribution in [0.5, 0.6) is 5.75 Å². The smallest absolute Gasteiger partial charge is 0.416 e. The van der Waals surface area contributed by atoms with Crippen molar-refractivity contribution < 1.29 is 37.7 Å². The van der Waals surface area contributed by atoms with Crippen LogP contribution >= 0.6 is 15.9 Å². The van der Waals surface area contributed by atoms with Gasteiger partial charge in [-0.05, 0) is 65.7 Å². The lowest BCUT2D eigenvalue weighted by atomic mass is 9.92. The largest absolute Gasteiger partial charge is 0.478 e. The van der Waals surface area contributed by atoms with Crippen molar-refractivity contribution in [2.75, 3.05) is 11.4 Å². The van der Waals surface area contributed by atoms with E-state index < -0.39 is 35.6 Å². The summed E-state index contributed by atoms with van der Waals surface area (Å²) in [6.07, 6.45) is -5.90. The molecule has 1 saturated heterocycles. The number of halogens is 4. The van der Waals surface area contributed by atoms with E-state index in [1.165, 1.54) is 36.9 Å². The number of carboxylic acid groups (broad SMARTS) is 1. The van der Waals surface area contributed by atoms with Gasteiger partial charge in [-0.15, -0.1) is 0 Å². The summed E-state index contributed by atoms with van der Waals surface area (Å²) in [5.41, 5.74) is -1.49. The molecule has 1 heterocycles. The van der Waals surface area contributed by atoms with Crippen LogP contribution in [0.25, 0.3) is 0 Å². The number of hydrogen-bond acceptors (Lipinski definition) is 5. The quantitative estimate of drug-likeness (QED) is 0.562. The van der Waals surface area contributed by atoms with Crippen LogP contribution in [-0.4, -0.2) is 53.3 Å². The normalized spacial score (nSPS) is 16.9. The van der Waals surface area contributed by atoms with Gasteiger partial charge in [0.25, 0.3) is 0 Å². The lowest BCUT2D eigenvalue weighted by Crippen LogP contribution is -2.40. The zero-order valence-corrected chi connectivity index (χ0v) is 19.1. The monoisotopic (exact) mass is 526 g/mol. The van der Waals surface area contributed by atoms with E-state index in [1.807, 2.05) is 0 Å². The summed E-state index contributed by atoms with van der Waals surface area (Å²) in [7, 11) is 6.02. The number of aliphatic carboxylic acids is 1. The number of ether oxygens (including phenoxy) is 1. The molecule has 2 aromatic rings. The highest BCUT2D eigenvalue weighted by atomic mass is 79.9. The first-order valence-corrected chi connectivity index (χ1v) is 10.4. The van der Waals surface area contributed by atoms with Gasteiger partial charge in [-0.3, -0.25) is 9.69 Å². The molecule has 0 saturated carbocycles. The van der Waals surface area contributed by atoms with Gasteiger partial charge >= 0.3 is 12.1 Å². The molecule has 174 valence electrons. The Bertz CT molecular complexity index is 1060. The Labute approximate surface area is 197 Å². The summed E-state index contributed by atoms with van der Waals surface area (Å²) in [4.78, 5) is 26.2. The molecule has 0 aliphatic carbocycles. The average molecular weight is 527 g/mol. The lowest BCUT2D eigenvalue weighted by molar-refractivity contribution is -0.152. The Morgan fingerprint density at radius 3 is 2.36 bits per heavy atom. The summed E-state index contributed by atoms with van der Waals surface area (Å²) in [6, 6.07) is 7.19. The van der Waals surface area contributed by atoms with Crippen LogP contribution in [0.1, 0.15) is 25.0 Å². The van der Waals surface area contributed by atoms with E-state index in [9.17, 15) is 33.0 Å². The Kier molecular flexibility index (Phi) is 6.72. The molecule has 1 unspecified atom stereocenters. The van der Waals surface area contributed by atoms with Crippen molar-refractivity contribution in [3.05, 3.63) is 52.0 Å². The van der Waals surface area contributed by atoms with E-state index in [0.717, 1.165) is 17.0 Å². The number of rotatable bonds is 6. The molecular weight excluding hydrogens is 508 g/mol. The second kappa shape index (κ2) is 8.90.